The summed E-state index contributed by atoms with van der Waals surface area (Å²) in [6.45, 7) is 11.1. The van der Waals surface area contributed by atoms with E-state index >= 15 is 0 Å². The topological polar surface area (TPSA) is 55.4 Å². The Balaban J connectivity index is 0.000000426. The van der Waals surface area contributed by atoms with Gasteiger partial charge in [-0.1, -0.05) is 38.4 Å². The molecule has 0 atom stereocenters. The summed E-state index contributed by atoms with van der Waals surface area (Å²) >= 11 is 11.4. The van der Waals surface area contributed by atoms with E-state index in [1.54, 1.807) is 0 Å². The largest absolute Gasteiger partial charge is 0.408 e. The maximum Gasteiger partial charge on any atom is 0.236 e. The molecule has 0 aromatic heterocycles. The molecule has 2 saturated carbocycles. The SMILES string of the molecule is CC(C)(C)[Si]OC(C)(C)c1cc(CNC(=O)C2CC2)ccc1Cl.O=C(Cl)C1CC1. The molecule has 1 aromatic carbocycles. The van der Waals surface area contributed by atoms with Gasteiger partial charge in [0.05, 0.1) is 5.60 Å². The van der Waals surface area contributed by atoms with E-state index in [9.17, 15) is 9.59 Å². The Morgan fingerprint density at radius 2 is 1.69 bits per heavy atom. The molecule has 0 bridgehead atoms. The number of hydrogen-bond donors (Lipinski definition) is 1. The summed E-state index contributed by atoms with van der Waals surface area (Å²) < 4.78 is 6.15. The van der Waals surface area contributed by atoms with E-state index in [1.165, 1.54) is 0 Å². The second-order valence-electron chi connectivity index (χ2n) is 9.35. The van der Waals surface area contributed by atoms with E-state index in [2.05, 4.69) is 26.1 Å². The predicted octanol–water partition coefficient (Wildman–Crippen LogP) is 5.62. The van der Waals surface area contributed by atoms with Crippen molar-refractivity contribution in [3.8, 4) is 0 Å². The lowest BCUT2D eigenvalue weighted by molar-refractivity contribution is -0.122. The third-order valence-electron chi connectivity index (χ3n) is 4.60. The zero-order valence-corrected chi connectivity index (χ0v) is 20.4. The van der Waals surface area contributed by atoms with Gasteiger partial charge in [-0.3, -0.25) is 9.59 Å². The number of nitrogens with one attached hydrogen (secondary N) is 1. The van der Waals surface area contributed by atoms with Crippen LogP contribution in [0.15, 0.2) is 18.2 Å². The smallest absolute Gasteiger partial charge is 0.236 e. The first kappa shape index (κ1) is 24.4. The fourth-order valence-electron chi connectivity index (χ4n) is 2.47. The summed E-state index contributed by atoms with van der Waals surface area (Å²) in [4.78, 5) is 21.8. The van der Waals surface area contributed by atoms with E-state index in [4.69, 9.17) is 27.6 Å². The second-order valence-corrected chi connectivity index (χ2v) is 12.0. The third kappa shape index (κ3) is 8.79. The lowest BCUT2D eigenvalue weighted by Crippen LogP contribution is -2.28. The van der Waals surface area contributed by atoms with Gasteiger partial charge in [0.1, 0.15) is 0 Å². The summed E-state index contributed by atoms with van der Waals surface area (Å²) in [5.41, 5.74) is 1.56. The van der Waals surface area contributed by atoms with Crippen LogP contribution in [0.4, 0.5) is 0 Å². The molecule has 0 unspecified atom stereocenters. The summed E-state index contributed by atoms with van der Waals surface area (Å²) in [6.07, 6.45) is 4.07. The minimum Gasteiger partial charge on any atom is -0.408 e. The maximum atomic E-state index is 11.8. The van der Waals surface area contributed by atoms with Crippen molar-refractivity contribution in [3.63, 3.8) is 0 Å². The van der Waals surface area contributed by atoms with Crippen LogP contribution >= 0.6 is 23.2 Å². The van der Waals surface area contributed by atoms with Gasteiger partial charge in [0, 0.05) is 29.0 Å². The molecule has 1 amide bonds. The van der Waals surface area contributed by atoms with Crippen molar-refractivity contribution in [2.24, 2.45) is 11.8 Å². The molecule has 2 radical (unpaired) electrons. The first-order valence-electron chi connectivity index (χ1n) is 10.1. The molecule has 2 aliphatic rings. The molecule has 4 nitrogen and oxygen atoms in total. The number of halogens is 2. The van der Waals surface area contributed by atoms with Crippen molar-refractivity contribution >= 4 is 44.1 Å². The molecular formula is C22H31Cl2NO3Si. The molecule has 1 aromatic rings. The van der Waals surface area contributed by atoms with Gasteiger partial charge in [-0.2, -0.15) is 0 Å². The predicted molar refractivity (Wildman–Crippen MR) is 119 cm³/mol. The van der Waals surface area contributed by atoms with E-state index in [0.717, 1.165) is 36.8 Å². The lowest BCUT2D eigenvalue weighted by Gasteiger charge is -2.30. The minimum atomic E-state index is -0.459. The van der Waals surface area contributed by atoms with Gasteiger partial charge in [-0.15, -0.1) is 0 Å². The average Bonchev–Trinajstić information content (AvgIpc) is 3.49. The van der Waals surface area contributed by atoms with Crippen molar-refractivity contribution in [3.05, 3.63) is 34.3 Å². The quantitative estimate of drug-likeness (QED) is 0.428. The molecule has 3 rings (SSSR count). The van der Waals surface area contributed by atoms with Crippen LogP contribution in [0, 0.1) is 11.8 Å². The van der Waals surface area contributed by atoms with Gasteiger partial charge in [-0.05, 0) is 73.9 Å². The molecule has 0 aliphatic heterocycles. The molecule has 2 aliphatic carbocycles. The zero-order valence-electron chi connectivity index (χ0n) is 17.9. The number of amides is 1. The number of benzene rings is 1. The van der Waals surface area contributed by atoms with Gasteiger partial charge in [-0.25, -0.2) is 0 Å². The molecule has 0 heterocycles. The molecule has 160 valence electrons. The monoisotopic (exact) mass is 455 g/mol. The highest BCUT2D eigenvalue weighted by molar-refractivity contribution is 6.64. The molecule has 7 heteroatoms. The van der Waals surface area contributed by atoms with E-state index in [1.807, 2.05) is 32.0 Å². The summed E-state index contributed by atoms with van der Waals surface area (Å²) in [6, 6.07) is 5.89. The van der Waals surface area contributed by atoms with Crippen LogP contribution in [0.2, 0.25) is 10.1 Å². The molecule has 0 spiro atoms. The fraction of sp³-hybridized carbons (Fsp3) is 0.636. The van der Waals surface area contributed by atoms with Crippen LogP contribution in [-0.4, -0.2) is 20.9 Å². The molecule has 1 N–H and O–H groups in total. The Labute approximate surface area is 187 Å². The maximum absolute atomic E-state index is 11.8. The van der Waals surface area contributed by atoms with Crippen LogP contribution in [0.5, 0.6) is 0 Å². The number of rotatable bonds is 7. The Bertz CT molecular complexity index is 738. The highest BCUT2D eigenvalue weighted by Gasteiger charge is 2.30. The van der Waals surface area contributed by atoms with E-state index < -0.39 is 5.60 Å². The van der Waals surface area contributed by atoms with Crippen molar-refractivity contribution in [2.75, 3.05) is 0 Å². The number of carbonyl (C=O) groups excluding carboxylic acids is 2. The highest BCUT2D eigenvalue weighted by Crippen LogP contribution is 2.34. The van der Waals surface area contributed by atoms with E-state index in [-0.39, 0.29) is 28.0 Å². The Hall–Kier alpha value is -0.883. The standard InChI is InChI=1S/C18H26ClNO2Si.C4H5ClO/c1-17(2,3)23-22-18(4,5)14-10-12(6-9-15(14)19)11-20-16(21)13-7-8-13;5-4(6)3-1-2-3/h6,9-10,13H,7-8,11H2,1-5H3,(H,20,21);3H,1-2H2. The van der Waals surface area contributed by atoms with Crippen LogP contribution < -0.4 is 5.32 Å². The number of carbonyl (C=O) groups is 2. The molecule has 2 fully saturated rings. The molecular weight excluding hydrogens is 425 g/mol. The average molecular weight is 456 g/mol. The summed E-state index contributed by atoms with van der Waals surface area (Å²) in [5.74, 6) is 0.618. The minimum absolute atomic E-state index is 0.125. The highest BCUT2D eigenvalue weighted by atomic mass is 35.5. The zero-order chi connectivity index (χ0) is 21.8. The number of hydrogen-bond acceptors (Lipinski definition) is 3. The van der Waals surface area contributed by atoms with Crippen molar-refractivity contribution < 1.29 is 14.0 Å². The normalized spacial score (nSPS) is 16.7. The molecule has 0 saturated heterocycles. The van der Waals surface area contributed by atoms with E-state index in [0.29, 0.717) is 21.3 Å². The first-order valence-corrected chi connectivity index (χ1v) is 11.8. The second kappa shape index (κ2) is 9.95. The Kier molecular flexibility index (Phi) is 8.37. The van der Waals surface area contributed by atoms with Gasteiger partial charge in [0.2, 0.25) is 20.9 Å². The van der Waals surface area contributed by atoms with Crippen molar-refractivity contribution in [2.45, 2.75) is 77.5 Å². The van der Waals surface area contributed by atoms with Gasteiger partial charge in [0.15, 0.2) is 0 Å². The van der Waals surface area contributed by atoms with Gasteiger partial charge >= 0.3 is 0 Å². The Morgan fingerprint density at radius 3 is 2.14 bits per heavy atom. The van der Waals surface area contributed by atoms with Crippen LogP contribution in [0.3, 0.4) is 0 Å². The first-order chi connectivity index (χ1) is 13.4. The van der Waals surface area contributed by atoms with Gasteiger partial charge in [0.25, 0.3) is 0 Å². The van der Waals surface area contributed by atoms with Crippen LogP contribution in [0.1, 0.15) is 71.4 Å². The van der Waals surface area contributed by atoms with Gasteiger partial charge < -0.3 is 9.74 Å². The van der Waals surface area contributed by atoms with Crippen LogP contribution in [-0.2, 0) is 26.2 Å². The lowest BCUT2D eigenvalue weighted by atomic mass is 9.96. The summed E-state index contributed by atoms with van der Waals surface area (Å²) in [5, 5.41) is 3.66. The van der Waals surface area contributed by atoms with Crippen molar-refractivity contribution in [1.82, 2.24) is 5.32 Å². The van der Waals surface area contributed by atoms with Crippen molar-refractivity contribution in [1.29, 1.82) is 0 Å². The fourth-order valence-corrected chi connectivity index (χ4v) is 3.70. The Morgan fingerprint density at radius 1 is 1.10 bits per heavy atom. The van der Waals surface area contributed by atoms with Crippen LogP contribution in [0.25, 0.3) is 0 Å². The molecule has 29 heavy (non-hydrogen) atoms. The summed E-state index contributed by atoms with van der Waals surface area (Å²) in [7, 11) is 0.385. The third-order valence-corrected chi connectivity index (χ3v) is 6.47.